The normalized spacial score (nSPS) is 16.2. The summed E-state index contributed by atoms with van der Waals surface area (Å²) in [6.45, 7) is 1.36. The topological polar surface area (TPSA) is 84.5 Å². The molecule has 30 heavy (non-hydrogen) atoms. The highest BCUT2D eigenvalue weighted by Crippen LogP contribution is 2.34. The Labute approximate surface area is 180 Å². The molecule has 6 nitrogen and oxygen atoms in total. The first-order chi connectivity index (χ1) is 14.3. The summed E-state index contributed by atoms with van der Waals surface area (Å²) in [5.74, 6) is -0.605. The molecule has 0 atom stereocenters. The Morgan fingerprint density at radius 3 is 2.57 bits per heavy atom. The largest absolute Gasteiger partial charge is 0.381 e. The van der Waals surface area contributed by atoms with E-state index in [1.54, 1.807) is 18.2 Å². The van der Waals surface area contributed by atoms with Gasteiger partial charge in [-0.3, -0.25) is 4.79 Å². The summed E-state index contributed by atoms with van der Waals surface area (Å²) in [6, 6.07) is 12.3. The molecular formula is C21H24ClFN2O4S. The Hall–Kier alpha value is -2.00. The Bertz CT molecular complexity index is 994. The van der Waals surface area contributed by atoms with Crippen LogP contribution in [0.3, 0.4) is 0 Å². The van der Waals surface area contributed by atoms with E-state index < -0.39 is 15.4 Å². The predicted molar refractivity (Wildman–Crippen MR) is 112 cm³/mol. The summed E-state index contributed by atoms with van der Waals surface area (Å²) >= 11 is 5.84. The van der Waals surface area contributed by atoms with Crippen LogP contribution in [0.4, 0.5) is 4.39 Å². The van der Waals surface area contributed by atoms with Gasteiger partial charge >= 0.3 is 0 Å². The predicted octanol–water partition coefficient (Wildman–Crippen LogP) is 3.01. The number of hydrogen-bond donors (Lipinski definition) is 2. The minimum atomic E-state index is -3.75. The number of hydrogen-bond acceptors (Lipinski definition) is 4. The first-order valence-electron chi connectivity index (χ1n) is 9.67. The number of sulfonamides is 1. The average molecular weight is 455 g/mol. The maximum absolute atomic E-state index is 13.7. The number of amides is 1. The molecule has 0 aromatic heterocycles. The zero-order valence-electron chi connectivity index (χ0n) is 16.4. The van der Waals surface area contributed by atoms with Crippen LogP contribution in [0.1, 0.15) is 24.8 Å². The number of halogens is 2. The second kappa shape index (κ2) is 9.87. The molecular weight excluding hydrogens is 431 g/mol. The van der Waals surface area contributed by atoms with Gasteiger partial charge in [-0.1, -0.05) is 29.8 Å². The Balaban J connectivity index is 1.56. The highest BCUT2D eigenvalue weighted by molar-refractivity contribution is 7.89. The fourth-order valence-corrected chi connectivity index (χ4v) is 4.85. The van der Waals surface area contributed by atoms with E-state index in [2.05, 4.69) is 10.0 Å². The van der Waals surface area contributed by atoms with Crippen LogP contribution in [0.15, 0.2) is 53.4 Å². The summed E-state index contributed by atoms with van der Waals surface area (Å²) < 4.78 is 46.2. The molecule has 1 aliphatic heterocycles. The fraction of sp³-hybridized carbons (Fsp3) is 0.381. The Morgan fingerprint density at radius 1 is 1.13 bits per heavy atom. The molecule has 2 aromatic carbocycles. The first-order valence-corrected chi connectivity index (χ1v) is 11.5. The van der Waals surface area contributed by atoms with Crippen LogP contribution < -0.4 is 10.0 Å². The van der Waals surface area contributed by atoms with E-state index in [-0.39, 0.29) is 29.6 Å². The van der Waals surface area contributed by atoms with Crippen molar-refractivity contribution < 1.29 is 22.3 Å². The summed E-state index contributed by atoms with van der Waals surface area (Å²) in [5, 5.41) is 3.19. The minimum absolute atomic E-state index is 0.0183. The lowest BCUT2D eigenvalue weighted by molar-refractivity contribution is -0.121. The van der Waals surface area contributed by atoms with E-state index in [9.17, 15) is 17.6 Å². The summed E-state index contributed by atoms with van der Waals surface area (Å²) in [7, 11) is -3.75. The SMILES string of the molecule is O=C(CCNS(=O)(=O)c1cccc(Cl)c1)NCC1(c2cccc(F)c2)CCOCC1. The lowest BCUT2D eigenvalue weighted by atomic mass is 9.74. The molecule has 3 rings (SSSR count). The zero-order chi connectivity index (χ0) is 21.6. The zero-order valence-corrected chi connectivity index (χ0v) is 17.9. The van der Waals surface area contributed by atoms with Crippen LogP contribution in [0.25, 0.3) is 0 Å². The number of carbonyl (C=O) groups excluding carboxylic acids is 1. The molecule has 2 N–H and O–H groups in total. The number of nitrogens with one attached hydrogen (secondary N) is 2. The van der Waals surface area contributed by atoms with E-state index in [1.807, 2.05) is 6.07 Å². The van der Waals surface area contributed by atoms with Gasteiger partial charge in [0.25, 0.3) is 0 Å². The van der Waals surface area contributed by atoms with Gasteiger partial charge in [-0.05, 0) is 48.7 Å². The smallest absolute Gasteiger partial charge is 0.240 e. The molecule has 162 valence electrons. The van der Waals surface area contributed by atoms with Gasteiger partial charge in [0.2, 0.25) is 15.9 Å². The van der Waals surface area contributed by atoms with E-state index >= 15 is 0 Å². The van der Waals surface area contributed by atoms with Crippen LogP contribution in [-0.2, 0) is 25.0 Å². The minimum Gasteiger partial charge on any atom is -0.381 e. The number of benzene rings is 2. The summed E-state index contributed by atoms with van der Waals surface area (Å²) in [6.07, 6.45) is 1.31. The van der Waals surface area contributed by atoms with Crippen molar-refractivity contribution >= 4 is 27.5 Å². The second-order valence-corrected chi connectivity index (χ2v) is 9.49. The van der Waals surface area contributed by atoms with Crippen molar-refractivity contribution in [2.24, 2.45) is 0 Å². The molecule has 0 unspecified atom stereocenters. The van der Waals surface area contributed by atoms with Crippen LogP contribution in [0, 0.1) is 5.82 Å². The average Bonchev–Trinajstić information content (AvgIpc) is 2.73. The lowest BCUT2D eigenvalue weighted by Crippen LogP contribution is -2.45. The van der Waals surface area contributed by atoms with Crippen molar-refractivity contribution in [3.8, 4) is 0 Å². The third-order valence-electron chi connectivity index (χ3n) is 5.26. The van der Waals surface area contributed by atoms with E-state index in [0.717, 1.165) is 5.56 Å². The fourth-order valence-electron chi connectivity index (χ4n) is 3.52. The standard InChI is InChI=1S/C21H24ClFN2O4S/c22-17-4-2-6-19(14-17)30(27,28)25-10-7-20(26)24-15-21(8-11-29-12-9-21)16-3-1-5-18(23)13-16/h1-6,13-14,25H,7-12,15H2,(H,24,26). The molecule has 1 saturated heterocycles. The number of rotatable bonds is 8. The number of carbonyl (C=O) groups is 1. The van der Waals surface area contributed by atoms with Crippen LogP contribution in [0.2, 0.25) is 5.02 Å². The third kappa shape index (κ3) is 5.78. The van der Waals surface area contributed by atoms with Crippen molar-refractivity contribution in [2.45, 2.75) is 29.6 Å². The molecule has 0 bridgehead atoms. The maximum Gasteiger partial charge on any atom is 0.240 e. The molecule has 1 heterocycles. The third-order valence-corrected chi connectivity index (χ3v) is 6.96. The van der Waals surface area contributed by atoms with Gasteiger partial charge in [0.05, 0.1) is 4.90 Å². The molecule has 0 spiro atoms. The van der Waals surface area contributed by atoms with E-state index in [0.29, 0.717) is 37.6 Å². The van der Waals surface area contributed by atoms with Crippen LogP contribution in [-0.4, -0.2) is 40.6 Å². The Morgan fingerprint density at radius 2 is 1.87 bits per heavy atom. The molecule has 0 saturated carbocycles. The molecule has 9 heteroatoms. The second-order valence-electron chi connectivity index (χ2n) is 7.28. The highest BCUT2D eigenvalue weighted by Gasteiger charge is 2.35. The monoisotopic (exact) mass is 454 g/mol. The molecule has 0 aliphatic carbocycles. The van der Waals surface area contributed by atoms with Crippen molar-refractivity contribution in [3.05, 3.63) is 64.9 Å². The van der Waals surface area contributed by atoms with Crippen LogP contribution in [0.5, 0.6) is 0 Å². The first kappa shape index (κ1) is 22.7. The molecule has 1 amide bonds. The van der Waals surface area contributed by atoms with Gasteiger partial charge in [-0.25, -0.2) is 17.5 Å². The van der Waals surface area contributed by atoms with Gasteiger partial charge in [0.1, 0.15) is 5.82 Å². The molecule has 0 radical (unpaired) electrons. The molecule has 1 aliphatic rings. The Kier molecular flexibility index (Phi) is 7.46. The van der Waals surface area contributed by atoms with Crippen molar-refractivity contribution in [1.82, 2.24) is 10.0 Å². The van der Waals surface area contributed by atoms with Gasteiger partial charge in [-0.15, -0.1) is 0 Å². The highest BCUT2D eigenvalue weighted by atomic mass is 35.5. The summed E-state index contributed by atoms with van der Waals surface area (Å²) in [4.78, 5) is 12.4. The van der Waals surface area contributed by atoms with Crippen LogP contribution >= 0.6 is 11.6 Å². The van der Waals surface area contributed by atoms with Gasteiger partial charge < -0.3 is 10.1 Å². The van der Waals surface area contributed by atoms with E-state index in [1.165, 1.54) is 24.3 Å². The van der Waals surface area contributed by atoms with Crippen molar-refractivity contribution in [2.75, 3.05) is 26.3 Å². The van der Waals surface area contributed by atoms with Crippen molar-refractivity contribution in [3.63, 3.8) is 0 Å². The van der Waals surface area contributed by atoms with Gasteiger partial charge in [0, 0.05) is 43.2 Å². The van der Waals surface area contributed by atoms with Gasteiger partial charge in [0.15, 0.2) is 0 Å². The quantitative estimate of drug-likeness (QED) is 0.642. The van der Waals surface area contributed by atoms with E-state index in [4.69, 9.17) is 16.3 Å². The summed E-state index contributed by atoms with van der Waals surface area (Å²) in [5.41, 5.74) is 0.420. The van der Waals surface area contributed by atoms with Crippen molar-refractivity contribution in [1.29, 1.82) is 0 Å². The molecule has 1 fully saturated rings. The van der Waals surface area contributed by atoms with Gasteiger partial charge in [-0.2, -0.15) is 0 Å². The molecule has 2 aromatic rings. The number of ether oxygens (including phenoxy) is 1. The lowest BCUT2D eigenvalue weighted by Gasteiger charge is -2.38. The maximum atomic E-state index is 13.7.